The van der Waals surface area contributed by atoms with Gasteiger partial charge in [0, 0.05) is 12.1 Å². The van der Waals surface area contributed by atoms with Crippen molar-refractivity contribution in [3.63, 3.8) is 0 Å². The minimum absolute atomic E-state index is 0.397. The van der Waals surface area contributed by atoms with E-state index < -0.39 is 0 Å². The Kier molecular flexibility index (Phi) is 6.94. The zero-order chi connectivity index (χ0) is 14.3. The highest BCUT2D eigenvalue weighted by molar-refractivity contribution is 7.98. The summed E-state index contributed by atoms with van der Waals surface area (Å²) in [4.78, 5) is 8.67. The van der Waals surface area contributed by atoms with E-state index in [0.717, 1.165) is 18.2 Å². The summed E-state index contributed by atoms with van der Waals surface area (Å²) >= 11 is 1.50. The average molecular weight is 283 g/mol. The van der Waals surface area contributed by atoms with Crippen LogP contribution >= 0.6 is 11.8 Å². The zero-order valence-corrected chi connectivity index (χ0v) is 13.0. The van der Waals surface area contributed by atoms with Gasteiger partial charge < -0.3 is 10.7 Å². The summed E-state index contributed by atoms with van der Waals surface area (Å²) in [5.41, 5.74) is 2.57. The molecular formula is C13H25N5S. The summed E-state index contributed by atoms with van der Waals surface area (Å²) in [6.45, 7) is 6.69. The van der Waals surface area contributed by atoms with Gasteiger partial charge in [-0.3, -0.25) is 0 Å². The highest BCUT2D eigenvalue weighted by Crippen LogP contribution is 2.18. The molecule has 4 N–H and O–H groups in total. The van der Waals surface area contributed by atoms with Gasteiger partial charge in [-0.1, -0.05) is 38.5 Å². The lowest BCUT2D eigenvalue weighted by molar-refractivity contribution is 0.520. The molecule has 0 aromatic carbocycles. The SMILES string of the molecule is CSc1nc(NN)cc(NC(C)CCCC(C)C)n1. The molecule has 1 aromatic rings. The van der Waals surface area contributed by atoms with E-state index in [2.05, 4.69) is 41.5 Å². The van der Waals surface area contributed by atoms with Gasteiger partial charge in [0.25, 0.3) is 0 Å². The monoisotopic (exact) mass is 283 g/mol. The fraction of sp³-hybridized carbons (Fsp3) is 0.692. The molecule has 0 aliphatic carbocycles. The number of nitrogens with one attached hydrogen (secondary N) is 2. The summed E-state index contributed by atoms with van der Waals surface area (Å²) in [7, 11) is 0. The number of nitrogens with zero attached hydrogens (tertiary/aromatic N) is 2. The molecule has 1 rings (SSSR count). The number of hydrogen-bond donors (Lipinski definition) is 3. The lowest BCUT2D eigenvalue weighted by atomic mass is 10.0. The van der Waals surface area contributed by atoms with Crippen LogP contribution in [0.15, 0.2) is 11.2 Å². The summed E-state index contributed by atoms with van der Waals surface area (Å²) in [6.07, 6.45) is 5.59. The molecule has 0 aliphatic heterocycles. The van der Waals surface area contributed by atoms with Crippen molar-refractivity contribution in [2.75, 3.05) is 17.0 Å². The van der Waals surface area contributed by atoms with Gasteiger partial charge in [-0.15, -0.1) is 0 Å². The van der Waals surface area contributed by atoms with Gasteiger partial charge in [0.15, 0.2) is 5.16 Å². The van der Waals surface area contributed by atoms with Gasteiger partial charge in [-0.2, -0.15) is 0 Å². The van der Waals surface area contributed by atoms with Crippen LogP contribution < -0.4 is 16.6 Å². The van der Waals surface area contributed by atoms with Crippen LogP contribution in [-0.4, -0.2) is 22.3 Å². The van der Waals surface area contributed by atoms with Gasteiger partial charge in [-0.25, -0.2) is 15.8 Å². The second kappa shape index (κ2) is 8.22. The zero-order valence-electron chi connectivity index (χ0n) is 12.2. The molecule has 0 fully saturated rings. The first-order valence-corrected chi connectivity index (χ1v) is 7.93. The fourth-order valence-corrected chi connectivity index (χ4v) is 2.20. The Morgan fingerprint density at radius 3 is 2.47 bits per heavy atom. The second-order valence-corrected chi connectivity index (χ2v) is 5.91. The lowest BCUT2D eigenvalue weighted by Crippen LogP contribution is -2.17. The van der Waals surface area contributed by atoms with Crippen LogP contribution in [0.4, 0.5) is 11.6 Å². The van der Waals surface area contributed by atoms with Crippen LogP contribution in [0.2, 0.25) is 0 Å². The highest BCUT2D eigenvalue weighted by Gasteiger charge is 2.07. The third-order valence-electron chi connectivity index (χ3n) is 2.85. The van der Waals surface area contributed by atoms with E-state index in [1.807, 2.05) is 12.3 Å². The van der Waals surface area contributed by atoms with Crippen LogP contribution in [0.3, 0.4) is 0 Å². The quantitative estimate of drug-likeness (QED) is 0.294. The van der Waals surface area contributed by atoms with Crippen molar-refractivity contribution in [3.8, 4) is 0 Å². The maximum absolute atomic E-state index is 5.41. The molecule has 6 heteroatoms. The molecule has 0 saturated heterocycles. The van der Waals surface area contributed by atoms with Crippen molar-refractivity contribution in [2.24, 2.45) is 11.8 Å². The second-order valence-electron chi connectivity index (χ2n) is 5.14. The molecule has 0 aliphatic rings. The first-order valence-electron chi connectivity index (χ1n) is 6.71. The number of thioether (sulfide) groups is 1. The smallest absolute Gasteiger partial charge is 0.191 e. The summed E-state index contributed by atoms with van der Waals surface area (Å²) in [5.74, 6) is 7.63. The van der Waals surface area contributed by atoms with Crippen LogP contribution in [0.25, 0.3) is 0 Å². The van der Waals surface area contributed by atoms with E-state index in [0.29, 0.717) is 17.0 Å². The normalized spacial score (nSPS) is 12.5. The van der Waals surface area contributed by atoms with Gasteiger partial charge in [-0.05, 0) is 25.5 Å². The van der Waals surface area contributed by atoms with E-state index >= 15 is 0 Å². The van der Waals surface area contributed by atoms with Crippen LogP contribution in [-0.2, 0) is 0 Å². The molecule has 0 spiro atoms. The van der Waals surface area contributed by atoms with E-state index in [1.165, 1.54) is 24.6 Å². The van der Waals surface area contributed by atoms with Gasteiger partial charge in [0.05, 0.1) is 0 Å². The van der Waals surface area contributed by atoms with Crippen LogP contribution in [0.5, 0.6) is 0 Å². The Morgan fingerprint density at radius 1 is 1.21 bits per heavy atom. The topological polar surface area (TPSA) is 75.9 Å². The molecule has 19 heavy (non-hydrogen) atoms. The Hall–Kier alpha value is -1.01. The van der Waals surface area contributed by atoms with Gasteiger partial charge in [0.1, 0.15) is 11.6 Å². The van der Waals surface area contributed by atoms with E-state index in [9.17, 15) is 0 Å². The van der Waals surface area contributed by atoms with Crippen molar-refractivity contribution in [1.29, 1.82) is 0 Å². The number of rotatable bonds is 8. The molecule has 108 valence electrons. The number of anilines is 2. The average Bonchev–Trinajstić information content (AvgIpc) is 2.37. The van der Waals surface area contributed by atoms with E-state index in [4.69, 9.17) is 5.84 Å². The minimum atomic E-state index is 0.397. The molecule has 1 unspecified atom stereocenters. The Labute approximate surface area is 120 Å². The standard InChI is InChI=1S/C13H25N5S/c1-9(2)6-5-7-10(3)15-11-8-12(18-14)17-13(16-11)19-4/h8-10H,5-7,14H2,1-4H3,(H2,15,16,17,18). The maximum Gasteiger partial charge on any atom is 0.191 e. The van der Waals surface area contributed by atoms with Crippen LogP contribution in [0, 0.1) is 5.92 Å². The van der Waals surface area contributed by atoms with Crippen molar-refractivity contribution in [3.05, 3.63) is 6.07 Å². The van der Waals surface area contributed by atoms with Crippen molar-refractivity contribution >= 4 is 23.4 Å². The number of nitrogens with two attached hydrogens (primary N) is 1. The molecule has 0 saturated carbocycles. The summed E-state index contributed by atoms with van der Waals surface area (Å²) in [5, 5.41) is 4.12. The predicted molar refractivity (Wildman–Crippen MR) is 83.4 cm³/mol. The molecule has 0 radical (unpaired) electrons. The van der Waals surface area contributed by atoms with Crippen molar-refractivity contribution in [2.45, 2.75) is 51.2 Å². The van der Waals surface area contributed by atoms with Crippen molar-refractivity contribution < 1.29 is 0 Å². The Bertz CT molecular complexity index is 361. The third-order valence-corrected chi connectivity index (χ3v) is 3.40. The minimum Gasteiger partial charge on any atom is -0.367 e. The predicted octanol–water partition coefficient (Wildman–Crippen LogP) is 3.11. The number of nitrogen functional groups attached to an aromatic ring is 1. The molecule has 1 heterocycles. The fourth-order valence-electron chi connectivity index (χ4n) is 1.82. The Balaban J connectivity index is 2.55. The maximum atomic E-state index is 5.41. The summed E-state index contributed by atoms with van der Waals surface area (Å²) < 4.78 is 0. The molecule has 1 aromatic heterocycles. The Morgan fingerprint density at radius 2 is 1.89 bits per heavy atom. The van der Waals surface area contributed by atoms with Gasteiger partial charge in [0.2, 0.25) is 0 Å². The molecule has 1 atom stereocenters. The highest BCUT2D eigenvalue weighted by atomic mass is 32.2. The third kappa shape index (κ3) is 6.11. The number of hydrogen-bond acceptors (Lipinski definition) is 6. The molecular weight excluding hydrogens is 258 g/mol. The van der Waals surface area contributed by atoms with Gasteiger partial charge >= 0.3 is 0 Å². The molecule has 0 bridgehead atoms. The van der Waals surface area contributed by atoms with E-state index in [1.54, 1.807) is 0 Å². The molecule has 5 nitrogen and oxygen atoms in total. The first kappa shape index (κ1) is 16.0. The summed E-state index contributed by atoms with van der Waals surface area (Å²) in [6, 6.07) is 2.23. The first-order chi connectivity index (χ1) is 9.05. The molecule has 0 amide bonds. The largest absolute Gasteiger partial charge is 0.367 e. The lowest BCUT2D eigenvalue weighted by Gasteiger charge is -2.16. The number of hydrazine groups is 1. The van der Waals surface area contributed by atoms with Crippen molar-refractivity contribution in [1.82, 2.24) is 9.97 Å². The van der Waals surface area contributed by atoms with Crippen LogP contribution in [0.1, 0.15) is 40.0 Å². The van der Waals surface area contributed by atoms with E-state index in [-0.39, 0.29) is 0 Å². The number of aromatic nitrogens is 2.